The van der Waals surface area contributed by atoms with Crippen LogP contribution in [0.15, 0.2) is 0 Å². The van der Waals surface area contributed by atoms with Gasteiger partial charge in [-0.2, -0.15) is 5.10 Å². The number of nitrogens with one attached hydrogen (secondary N) is 1. The predicted molar refractivity (Wildman–Crippen MR) is 70.5 cm³/mol. The van der Waals surface area contributed by atoms with Crippen molar-refractivity contribution in [2.45, 2.75) is 57.9 Å². The van der Waals surface area contributed by atoms with Crippen LogP contribution in [-0.2, 0) is 6.54 Å². The fraction of sp³-hybridized carbons (Fsp3) is 0.846. The minimum absolute atomic E-state index is 0.672. The van der Waals surface area contributed by atoms with Crippen molar-refractivity contribution >= 4 is 12.2 Å². The summed E-state index contributed by atoms with van der Waals surface area (Å²) < 4.78 is 3.00. The molecule has 4 heteroatoms. The summed E-state index contributed by atoms with van der Waals surface area (Å²) in [5.74, 6) is 3.66. The minimum atomic E-state index is 0.672. The molecule has 0 aliphatic heterocycles. The van der Waals surface area contributed by atoms with Gasteiger partial charge in [-0.15, -0.1) is 0 Å². The molecule has 0 radical (unpaired) electrons. The van der Waals surface area contributed by atoms with Crippen LogP contribution >= 0.6 is 12.2 Å². The summed E-state index contributed by atoms with van der Waals surface area (Å²) in [7, 11) is 0. The molecule has 1 N–H and O–H groups in total. The van der Waals surface area contributed by atoms with Crippen LogP contribution in [0.2, 0.25) is 0 Å². The van der Waals surface area contributed by atoms with Gasteiger partial charge in [0.15, 0.2) is 4.77 Å². The van der Waals surface area contributed by atoms with Crippen LogP contribution in [0.5, 0.6) is 0 Å². The van der Waals surface area contributed by atoms with Gasteiger partial charge in [-0.05, 0) is 56.7 Å². The van der Waals surface area contributed by atoms with E-state index in [0.29, 0.717) is 5.92 Å². The van der Waals surface area contributed by atoms with E-state index >= 15 is 0 Å². The summed E-state index contributed by atoms with van der Waals surface area (Å²) in [5.41, 5.74) is 0. The average Bonchev–Trinajstić information content (AvgIpc) is 2.52. The number of rotatable bonds is 4. The van der Waals surface area contributed by atoms with Gasteiger partial charge in [0.25, 0.3) is 0 Å². The maximum absolute atomic E-state index is 5.32. The summed E-state index contributed by atoms with van der Waals surface area (Å²) in [6.07, 6.45) is 8.39. The Morgan fingerprint density at radius 3 is 2.29 bits per heavy atom. The van der Waals surface area contributed by atoms with Crippen molar-refractivity contribution in [1.82, 2.24) is 14.8 Å². The minimum Gasteiger partial charge on any atom is -0.304 e. The highest BCUT2D eigenvalue weighted by atomic mass is 32.1. The lowest BCUT2D eigenvalue weighted by molar-refractivity contribution is 0.140. The van der Waals surface area contributed by atoms with Gasteiger partial charge < -0.3 is 4.57 Å². The molecule has 1 heterocycles. The first kappa shape index (κ1) is 11.5. The molecule has 0 unspecified atom stereocenters. The maximum atomic E-state index is 5.32. The molecule has 2 fully saturated rings. The maximum Gasteiger partial charge on any atom is 0.195 e. The van der Waals surface area contributed by atoms with Crippen LogP contribution in [0.25, 0.3) is 0 Å². The number of nitrogens with zero attached hydrogens (tertiary/aromatic N) is 2. The third kappa shape index (κ3) is 1.86. The Morgan fingerprint density at radius 2 is 1.88 bits per heavy atom. The van der Waals surface area contributed by atoms with Crippen LogP contribution in [0.3, 0.4) is 0 Å². The van der Waals surface area contributed by atoms with E-state index in [1.807, 2.05) is 0 Å². The smallest absolute Gasteiger partial charge is 0.195 e. The highest BCUT2D eigenvalue weighted by Gasteiger charge is 2.39. The second-order valence-electron chi connectivity index (χ2n) is 5.54. The van der Waals surface area contributed by atoms with Crippen LogP contribution < -0.4 is 0 Å². The lowest BCUT2D eigenvalue weighted by Gasteiger charge is -2.42. The fourth-order valence-corrected chi connectivity index (χ4v) is 3.56. The van der Waals surface area contributed by atoms with E-state index in [4.69, 9.17) is 12.2 Å². The van der Waals surface area contributed by atoms with Gasteiger partial charge in [0.2, 0.25) is 0 Å². The Morgan fingerprint density at radius 1 is 1.29 bits per heavy atom. The van der Waals surface area contributed by atoms with E-state index in [-0.39, 0.29) is 0 Å². The zero-order valence-electron chi connectivity index (χ0n) is 10.5. The van der Waals surface area contributed by atoms with E-state index < -0.39 is 0 Å². The molecule has 2 aliphatic rings. The highest BCUT2D eigenvalue weighted by molar-refractivity contribution is 7.71. The number of aromatic nitrogens is 3. The molecule has 17 heavy (non-hydrogen) atoms. The number of hydrogen-bond acceptors (Lipinski definition) is 2. The van der Waals surface area contributed by atoms with Crippen molar-refractivity contribution in [3.8, 4) is 0 Å². The van der Waals surface area contributed by atoms with E-state index in [1.165, 1.54) is 44.3 Å². The van der Waals surface area contributed by atoms with Gasteiger partial charge in [0, 0.05) is 12.5 Å². The van der Waals surface area contributed by atoms with Gasteiger partial charge in [-0.1, -0.05) is 12.8 Å². The van der Waals surface area contributed by atoms with Crippen LogP contribution in [0, 0.1) is 16.6 Å². The molecular formula is C13H21N3S. The monoisotopic (exact) mass is 251 g/mol. The van der Waals surface area contributed by atoms with E-state index in [2.05, 4.69) is 21.7 Å². The Labute approximate surface area is 108 Å². The summed E-state index contributed by atoms with van der Waals surface area (Å²) in [6, 6.07) is 0. The molecule has 2 saturated carbocycles. The SMILES string of the molecule is CCn1c(C(C2CCC2)C2CCC2)n[nH]c1=S. The quantitative estimate of drug-likeness (QED) is 0.829. The zero-order chi connectivity index (χ0) is 11.8. The lowest BCUT2D eigenvalue weighted by Crippen LogP contribution is -2.32. The van der Waals surface area contributed by atoms with Crippen LogP contribution in [0.1, 0.15) is 57.2 Å². The summed E-state index contributed by atoms with van der Waals surface area (Å²) >= 11 is 5.32. The molecule has 0 bridgehead atoms. The molecular weight excluding hydrogens is 230 g/mol. The Balaban J connectivity index is 1.93. The summed E-state index contributed by atoms with van der Waals surface area (Å²) in [5, 5.41) is 7.53. The topological polar surface area (TPSA) is 33.6 Å². The van der Waals surface area contributed by atoms with Gasteiger partial charge in [-0.3, -0.25) is 5.10 Å². The standard InChI is InChI=1S/C13H21N3S/c1-2-16-12(14-15-13(16)17)11(9-5-3-6-9)10-7-4-8-10/h9-11H,2-8H2,1H3,(H,15,17). The molecule has 0 amide bonds. The van der Waals surface area contributed by atoms with E-state index in [9.17, 15) is 0 Å². The summed E-state index contributed by atoms with van der Waals surface area (Å²) in [4.78, 5) is 0. The largest absolute Gasteiger partial charge is 0.304 e. The zero-order valence-corrected chi connectivity index (χ0v) is 11.3. The molecule has 0 aromatic carbocycles. The van der Waals surface area contributed by atoms with E-state index in [0.717, 1.165) is 23.2 Å². The molecule has 94 valence electrons. The first-order chi connectivity index (χ1) is 8.31. The van der Waals surface area contributed by atoms with Gasteiger partial charge in [0.05, 0.1) is 0 Å². The molecule has 0 saturated heterocycles. The predicted octanol–water partition coefficient (Wildman–Crippen LogP) is 3.64. The van der Waals surface area contributed by atoms with Gasteiger partial charge in [0.1, 0.15) is 5.82 Å². The summed E-state index contributed by atoms with van der Waals surface area (Å²) in [6.45, 7) is 3.11. The van der Waals surface area contributed by atoms with Crippen molar-refractivity contribution < 1.29 is 0 Å². The second-order valence-corrected chi connectivity index (χ2v) is 5.93. The molecule has 1 aromatic heterocycles. The van der Waals surface area contributed by atoms with Crippen molar-refractivity contribution in [3.05, 3.63) is 10.6 Å². The molecule has 0 spiro atoms. The average molecular weight is 251 g/mol. The van der Waals surface area contributed by atoms with Gasteiger partial charge >= 0.3 is 0 Å². The number of hydrogen-bond donors (Lipinski definition) is 1. The van der Waals surface area contributed by atoms with E-state index in [1.54, 1.807) is 0 Å². The molecule has 0 atom stereocenters. The van der Waals surface area contributed by atoms with Crippen molar-refractivity contribution in [2.75, 3.05) is 0 Å². The van der Waals surface area contributed by atoms with Crippen molar-refractivity contribution in [1.29, 1.82) is 0 Å². The third-order valence-corrected chi connectivity index (χ3v) is 5.03. The Hall–Kier alpha value is -0.640. The number of H-pyrrole nitrogens is 1. The Kier molecular flexibility index (Phi) is 3.07. The highest BCUT2D eigenvalue weighted by Crippen LogP contribution is 2.49. The third-order valence-electron chi connectivity index (χ3n) is 4.72. The second kappa shape index (κ2) is 4.56. The van der Waals surface area contributed by atoms with Gasteiger partial charge in [-0.25, -0.2) is 0 Å². The van der Waals surface area contributed by atoms with Crippen molar-refractivity contribution in [2.24, 2.45) is 11.8 Å². The first-order valence-corrected chi connectivity index (χ1v) is 7.37. The lowest BCUT2D eigenvalue weighted by atomic mass is 9.64. The van der Waals surface area contributed by atoms with Crippen LogP contribution in [-0.4, -0.2) is 14.8 Å². The number of aromatic amines is 1. The fourth-order valence-electron chi connectivity index (χ4n) is 3.29. The normalized spacial score (nSPS) is 21.5. The molecule has 2 aliphatic carbocycles. The first-order valence-electron chi connectivity index (χ1n) is 6.96. The molecule has 3 nitrogen and oxygen atoms in total. The Bertz CT molecular complexity index is 426. The van der Waals surface area contributed by atoms with Crippen molar-refractivity contribution in [3.63, 3.8) is 0 Å². The van der Waals surface area contributed by atoms with Crippen LogP contribution in [0.4, 0.5) is 0 Å². The molecule has 1 aromatic rings. The molecule has 3 rings (SSSR count).